The van der Waals surface area contributed by atoms with Gasteiger partial charge in [-0.3, -0.25) is 4.79 Å². The van der Waals surface area contributed by atoms with Crippen LogP contribution < -0.4 is 15.8 Å². The monoisotopic (exact) mass is 271 g/mol. The fourth-order valence-corrected chi connectivity index (χ4v) is 1.65. The van der Waals surface area contributed by atoms with Gasteiger partial charge in [-0.25, -0.2) is 4.98 Å². The molecule has 0 saturated carbocycles. The predicted molar refractivity (Wildman–Crippen MR) is 78.8 cm³/mol. The highest BCUT2D eigenvalue weighted by atomic mass is 16.5. The molecule has 3 N–H and O–H groups in total. The van der Waals surface area contributed by atoms with Crippen LogP contribution >= 0.6 is 0 Å². The maximum Gasteiger partial charge on any atom is 0.255 e. The van der Waals surface area contributed by atoms with Crippen LogP contribution in [0.5, 0.6) is 5.75 Å². The highest BCUT2D eigenvalue weighted by molar-refractivity contribution is 6.04. The summed E-state index contributed by atoms with van der Waals surface area (Å²) < 4.78 is 5.48. The summed E-state index contributed by atoms with van der Waals surface area (Å²) in [6.45, 7) is 2.73. The number of aromatic nitrogens is 1. The number of anilines is 2. The first kappa shape index (κ1) is 13.9. The molecule has 2 aromatic rings. The Labute approximate surface area is 117 Å². The zero-order valence-corrected chi connectivity index (χ0v) is 11.3. The van der Waals surface area contributed by atoms with Crippen LogP contribution in [0, 0.1) is 0 Å². The summed E-state index contributed by atoms with van der Waals surface area (Å²) >= 11 is 0. The van der Waals surface area contributed by atoms with E-state index in [1.165, 1.54) is 12.3 Å². The Morgan fingerprint density at radius 1 is 1.30 bits per heavy atom. The van der Waals surface area contributed by atoms with Crippen LogP contribution in [-0.2, 0) is 0 Å². The lowest BCUT2D eigenvalue weighted by atomic mass is 10.2. The number of nitrogens with zero attached hydrogens (tertiary/aromatic N) is 1. The summed E-state index contributed by atoms with van der Waals surface area (Å²) in [5, 5.41) is 2.79. The Morgan fingerprint density at radius 2 is 2.05 bits per heavy atom. The SMILES string of the molecule is CCCOc1ccc(NC(=O)c2ccnc(N)c2)cc1. The molecule has 0 aliphatic rings. The van der Waals surface area contributed by atoms with Gasteiger partial charge in [-0.1, -0.05) is 6.92 Å². The minimum atomic E-state index is -0.221. The molecule has 5 nitrogen and oxygen atoms in total. The van der Waals surface area contributed by atoms with E-state index in [-0.39, 0.29) is 5.91 Å². The summed E-state index contributed by atoms with van der Waals surface area (Å²) in [7, 11) is 0. The zero-order valence-electron chi connectivity index (χ0n) is 11.3. The molecule has 0 atom stereocenters. The second kappa shape index (κ2) is 6.56. The van der Waals surface area contributed by atoms with E-state index >= 15 is 0 Å². The van der Waals surface area contributed by atoms with Gasteiger partial charge in [-0.15, -0.1) is 0 Å². The van der Waals surface area contributed by atoms with Crippen molar-refractivity contribution in [2.45, 2.75) is 13.3 Å². The third-order valence-electron chi connectivity index (χ3n) is 2.63. The molecule has 1 amide bonds. The standard InChI is InChI=1S/C15H17N3O2/c1-2-9-20-13-5-3-12(4-6-13)18-15(19)11-7-8-17-14(16)10-11/h3-8,10H,2,9H2,1H3,(H2,16,17)(H,18,19). The van der Waals surface area contributed by atoms with E-state index < -0.39 is 0 Å². The number of benzene rings is 1. The largest absolute Gasteiger partial charge is 0.494 e. The number of nitrogens with one attached hydrogen (secondary N) is 1. The molecule has 104 valence electrons. The second-order valence-electron chi connectivity index (χ2n) is 4.30. The normalized spacial score (nSPS) is 10.1. The van der Waals surface area contributed by atoms with E-state index in [1.54, 1.807) is 18.2 Å². The van der Waals surface area contributed by atoms with E-state index in [2.05, 4.69) is 17.2 Å². The Hall–Kier alpha value is -2.56. The van der Waals surface area contributed by atoms with Gasteiger partial charge in [0.05, 0.1) is 6.61 Å². The molecule has 20 heavy (non-hydrogen) atoms. The molecule has 0 aliphatic carbocycles. The van der Waals surface area contributed by atoms with E-state index in [4.69, 9.17) is 10.5 Å². The van der Waals surface area contributed by atoms with Gasteiger partial charge < -0.3 is 15.8 Å². The highest BCUT2D eigenvalue weighted by Gasteiger charge is 2.06. The summed E-state index contributed by atoms with van der Waals surface area (Å²) in [5.41, 5.74) is 6.73. The van der Waals surface area contributed by atoms with E-state index in [0.717, 1.165) is 12.2 Å². The lowest BCUT2D eigenvalue weighted by Gasteiger charge is -2.08. The van der Waals surface area contributed by atoms with Crippen molar-refractivity contribution in [2.75, 3.05) is 17.7 Å². The van der Waals surface area contributed by atoms with Crippen LogP contribution in [0.25, 0.3) is 0 Å². The molecule has 0 fully saturated rings. The lowest BCUT2D eigenvalue weighted by Crippen LogP contribution is -2.12. The van der Waals surface area contributed by atoms with Crippen LogP contribution in [-0.4, -0.2) is 17.5 Å². The molecule has 1 heterocycles. The highest BCUT2D eigenvalue weighted by Crippen LogP contribution is 2.16. The molecule has 5 heteroatoms. The maximum atomic E-state index is 12.0. The first-order chi connectivity index (χ1) is 9.69. The summed E-state index contributed by atoms with van der Waals surface area (Å²) in [6, 6.07) is 10.4. The number of nitrogen functional groups attached to an aromatic ring is 1. The predicted octanol–water partition coefficient (Wildman–Crippen LogP) is 2.70. The number of carbonyl (C=O) groups is 1. The first-order valence-electron chi connectivity index (χ1n) is 6.45. The minimum Gasteiger partial charge on any atom is -0.494 e. The fourth-order valence-electron chi connectivity index (χ4n) is 1.65. The van der Waals surface area contributed by atoms with Gasteiger partial charge in [0.15, 0.2) is 0 Å². The lowest BCUT2D eigenvalue weighted by molar-refractivity contribution is 0.102. The third kappa shape index (κ3) is 3.71. The molecule has 1 aromatic carbocycles. The van der Waals surface area contributed by atoms with Crippen molar-refractivity contribution in [1.82, 2.24) is 4.98 Å². The van der Waals surface area contributed by atoms with Gasteiger partial charge in [0.25, 0.3) is 5.91 Å². The van der Waals surface area contributed by atoms with Gasteiger partial charge in [-0.05, 0) is 42.8 Å². The average Bonchev–Trinajstić information content (AvgIpc) is 2.46. The number of carbonyl (C=O) groups excluding carboxylic acids is 1. The number of amides is 1. The van der Waals surface area contributed by atoms with Crippen molar-refractivity contribution < 1.29 is 9.53 Å². The average molecular weight is 271 g/mol. The number of pyridine rings is 1. The number of hydrogen-bond acceptors (Lipinski definition) is 4. The Balaban J connectivity index is 2.01. The van der Waals surface area contributed by atoms with E-state index in [1.807, 2.05) is 12.1 Å². The van der Waals surface area contributed by atoms with Gasteiger partial charge in [-0.2, -0.15) is 0 Å². The van der Waals surface area contributed by atoms with Crippen LogP contribution in [0.3, 0.4) is 0 Å². The summed E-state index contributed by atoms with van der Waals surface area (Å²) in [4.78, 5) is 15.8. The quantitative estimate of drug-likeness (QED) is 0.876. The van der Waals surface area contributed by atoms with Crippen molar-refractivity contribution in [3.05, 3.63) is 48.2 Å². The number of rotatable bonds is 5. The molecule has 0 bridgehead atoms. The summed E-state index contributed by atoms with van der Waals surface area (Å²) in [6.07, 6.45) is 2.47. The van der Waals surface area contributed by atoms with Crippen LogP contribution in [0.15, 0.2) is 42.6 Å². The summed E-state index contributed by atoms with van der Waals surface area (Å²) in [5.74, 6) is 0.889. The number of ether oxygens (including phenoxy) is 1. The molecule has 0 spiro atoms. The van der Waals surface area contributed by atoms with Crippen LogP contribution in [0.4, 0.5) is 11.5 Å². The molecule has 1 aromatic heterocycles. The maximum absolute atomic E-state index is 12.0. The molecule has 0 radical (unpaired) electrons. The second-order valence-corrected chi connectivity index (χ2v) is 4.30. The Kier molecular flexibility index (Phi) is 4.55. The van der Waals surface area contributed by atoms with Gasteiger partial charge >= 0.3 is 0 Å². The Bertz CT molecular complexity index is 582. The number of hydrogen-bond donors (Lipinski definition) is 2. The van der Waals surface area contributed by atoms with Crippen molar-refractivity contribution in [1.29, 1.82) is 0 Å². The Morgan fingerprint density at radius 3 is 2.70 bits per heavy atom. The van der Waals surface area contributed by atoms with Crippen LogP contribution in [0.2, 0.25) is 0 Å². The van der Waals surface area contributed by atoms with Crippen molar-refractivity contribution in [2.24, 2.45) is 0 Å². The van der Waals surface area contributed by atoms with Crippen molar-refractivity contribution in [3.8, 4) is 5.75 Å². The van der Waals surface area contributed by atoms with E-state index in [0.29, 0.717) is 23.7 Å². The van der Waals surface area contributed by atoms with Gasteiger partial charge in [0, 0.05) is 17.4 Å². The van der Waals surface area contributed by atoms with Gasteiger partial charge in [0.1, 0.15) is 11.6 Å². The smallest absolute Gasteiger partial charge is 0.255 e. The molecule has 0 aliphatic heterocycles. The molecular formula is C15H17N3O2. The fraction of sp³-hybridized carbons (Fsp3) is 0.200. The molecule has 2 rings (SSSR count). The van der Waals surface area contributed by atoms with Crippen LogP contribution in [0.1, 0.15) is 23.7 Å². The number of nitrogens with two attached hydrogens (primary N) is 1. The molecule has 0 unspecified atom stereocenters. The third-order valence-corrected chi connectivity index (χ3v) is 2.63. The van der Waals surface area contributed by atoms with Crippen molar-refractivity contribution in [3.63, 3.8) is 0 Å². The minimum absolute atomic E-state index is 0.221. The van der Waals surface area contributed by atoms with Gasteiger partial charge in [0.2, 0.25) is 0 Å². The van der Waals surface area contributed by atoms with Crippen molar-refractivity contribution >= 4 is 17.4 Å². The first-order valence-corrected chi connectivity index (χ1v) is 6.45. The topological polar surface area (TPSA) is 77.2 Å². The molecule has 0 saturated heterocycles. The zero-order chi connectivity index (χ0) is 14.4. The van der Waals surface area contributed by atoms with E-state index in [9.17, 15) is 4.79 Å². The molecular weight excluding hydrogens is 254 g/mol.